The molecule has 3 rings (SSSR count). The maximum absolute atomic E-state index is 6.16. The minimum Gasteiger partial charge on any atom is -0.318 e. The first-order valence-corrected chi connectivity index (χ1v) is 8.60. The molecule has 0 spiro atoms. The Morgan fingerprint density at radius 3 is 2.71 bits per heavy atom. The summed E-state index contributed by atoms with van der Waals surface area (Å²) in [5.41, 5.74) is 1.78. The molecule has 0 saturated heterocycles. The molecule has 1 atom stereocenters. The number of imidazole rings is 1. The number of halogens is 3. The predicted octanol–water partition coefficient (Wildman–Crippen LogP) is 5.19. The molecule has 0 bridgehead atoms. The molecule has 110 valence electrons. The highest BCUT2D eigenvalue weighted by Gasteiger charge is 2.19. The highest BCUT2D eigenvalue weighted by atomic mass is 35.5. The summed E-state index contributed by atoms with van der Waals surface area (Å²) in [7, 11) is 0. The topological polar surface area (TPSA) is 30.7 Å². The van der Waals surface area contributed by atoms with Gasteiger partial charge in [-0.05, 0) is 19.1 Å². The Labute approximate surface area is 141 Å². The van der Waals surface area contributed by atoms with Gasteiger partial charge in [0.05, 0.1) is 27.1 Å². The van der Waals surface area contributed by atoms with Crippen LogP contribution in [-0.2, 0) is 6.42 Å². The van der Waals surface area contributed by atoms with Crippen molar-refractivity contribution >= 4 is 57.2 Å². The molecule has 21 heavy (non-hydrogen) atoms. The van der Waals surface area contributed by atoms with Crippen LogP contribution in [0, 0.1) is 0 Å². The van der Waals surface area contributed by atoms with Crippen molar-refractivity contribution in [2.24, 2.45) is 0 Å². The molecule has 0 fully saturated rings. The maximum atomic E-state index is 6.16. The minimum atomic E-state index is 0.0745. The standard InChI is InChI=1S/C14H12Cl3N3S/c1-8(14-18-4-5-21-14)20-12-7-10(17)9(16)6-11(12)19-13(20)2-3-15/h4-8H,2-3H2,1H3. The first-order valence-electron chi connectivity index (χ1n) is 6.43. The molecule has 7 heteroatoms. The second-order valence-electron chi connectivity index (χ2n) is 4.64. The zero-order valence-electron chi connectivity index (χ0n) is 11.2. The molecule has 1 unspecified atom stereocenters. The van der Waals surface area contributed by atoms with Crippen LogP contribution in [0.15, 0.2) is 23.7 Å². The molecule has 0 aliphatic heterocycles. The van der Waals surface area contributed by atoms with E-state index < -0.39 is 0 Å². The number of rotatable bonds is 4. The number of fused-ring (bicyclic) bond motifs is 1. The van der Waals surface area contributed by atoms with Gasteiger partial charge in [0.1, 0.15) is 10.8 Å². The predicted molar refractivity (Wildman–Crippen MR) is 90.1 cm³/mol. The lowest BCUT2D eigenvalue weighted by atomic mass is 10.2. The summed E-state index contributed by atoms with van der Waals surface area (Å²) in [6.45, 7) is 2.10. The van der Waals surface area contributed by atoms with E-state index in [2.05, 4.69) is 21.5 Å². The van der Waals surface area contributed by atoms with Gasteiger partial charge < -0.3 is 4.57 Å². The average molecular weight is 361 g/mol. The van der Waals surface area contributed by atoms with E-state index in [4.69, 9.17) is 34.8 Å². The number of hydrogen-bond donors (Lipinski definition) is 0. The number of nitrogens with zero attached hydrogens (tertiary/aromatic N) is 3. The number of benzene rings is 1. The van der Waals surface area contributed by atoms with Crippen LogP contribution in [0.4, 0.5) is 0 Å². The number of aromatic nitrogens is 3. The van der Waals surface area contributed by atoms with Gasteiger partial charge in [-0.3, -0.25) is 0 Å². The van der Waals surface area contributed by atoms with Crippen molar-refractivity contribution in [2.45, 2.75) is 19.4 Å². The van der Waals surface area contributed by atoms with E-state index in [1.165, 1.54) is 0 Å². The molecule has 3 nitrogen and oxygen atoms in total. The molecule has 0 amide bonds. The average Bonchev–Trinajstić information content (AvgIpc) is 3.07. The number of aryl methyl sites for hydroxylation is 1. The molecule has 3 aromatic rings. The lowest BCUT2D eigenvalue weighted by molar-refractivity contribution is 0.620. The molecule has 2 heterocycles. The van der Waals surface area contributed by atoms with Crippen LogP contribution in [0.25, 0.3) is 11.0 Å². The zero-order chi connectivity index (χ0) is 15.0. The van der Waals surface area contributed by atoms with Crippen molar-refractivity contribution in [3.8, 4) is 0 Å². The smallest absolute Gasteiger partial charge is 0.115 e. The third-order valence-corrected chi connectivity index (χ3v) is 5.18. The Morgan fingerprint density at radius 1 is 1.29 bits per heavy atom. The largest absolute Gasteiger partial charge is 0.318 e. The maximum Gasteiger partial charge on any atom is 0.115 e. The van der Waals surface area contributed by atoms with Gasteiger partial charge in [0.25, 0.3) is 0 Å². The normalized spacial score (nSPS) is 13.0. The van der Waals surface area contributed by atoms with E-state index in [1.54, 1.807) is 23.6 Å². The van der Waals surface area contributed by atoms with Crippen LogP contribution in [0.3, 0.4) is 0 Å². The summed E-state index contributed by atoms with van der Waals surface area (Å²) in [6.07, 6.45) is 2.49. The van der Waals surface area contributed by atoms with E-state index >= 15 is 0 Å². The number of hydrogen-bond acceptors (Lipinski definition) is 3. The highest BCUT2D eigenvalue weighted by molar-refractivity contribution is 7.09. The fourth-order valence-corrected chi connectivity index (χ4v) is 3.55. The molecular formula is C14H12Cl3N3S. The van der Waals surface area contributed by atoms with Crippen molar-refractivity contribution in [3.05, 3.63) is 44.6 Å². The van der Waals surface area contributed by atoms with E-state index in [-0.39, 0.29) is 6.04 Å². The lowest BCUT2D eigenvalue weighted by Crippen LogP contribution is -2.11. The zero-order valence-corrected chi connectivity index (χ0v) is 14.3. The summed E-state index contributed by atoms with van der Waals surface area (Å²) in [6, 6.07) is 3.72. The second kappa shape index (κ2) is 6.13. The number of alkyl halides is 1. The molecule has 0 N–H and O–H groups in total. The van der Waals surface area contributed by atoms with Gasteiger partial charge in [0, 0.05) is 23.9 Å². The third kappa shape index (κ3) is 2.78. The second-order valence-corrected chi connectivity index (χ2v) is 6.76. The third-order valence-electron chi connectivity index (χ3n) is 3.32. The first kappa shape index (κ1) is 15.1. The van der Waals surface area contributed by atoms with Gasteiger partial charge in [0.2, 0.25) is 0 Å². The first-order chi connectivity index (χ1) is 10.1. The van der Waals surface area contributed by atoms with Crippen molar-refractivity contribution in [1.29, 1.82) is 0 Å². The van der Waals surface area contributed by atoms with E-state index in [0.29, 0.717) is 22.3 Å². The van der Waals surface area contributed by atoms with Gasteiger partial charge in [-0.15, -0.1) is 22.9 Å². The van der Waals surface area contributed by atoms with E-state index in [1.807, 2.05) is 11.4 Å². The van der Waals surface area contributed by atoms with Gasteiger partial charge in [-0.25, -0.2) is 9.97 Å². The molecule has 0 aliphatic rings. The Kier molecular flexibility index (Phi) is 4.41. The Balaban J connectivity index is 2.22. The van der Waals surface area contributed by atoms with Gasteiger partial charge in [-0.1, -0.05) is 23.2 Å². The van der Waals surface area contributed by atoms with Gasteiger partial charge in [-0.2, -0.15) is 0 Å². The van der Waals surface area contributed by atoms with Gasteiger partial charge in [0.15, 0.2) is 0 Å². The highest BCUT2D eigenvalue weighted by Crippen LogP contribution is 2.32. The van der Waals surface area contributed by atoms with Crippen LogP contribution in [0.2, 0.25) is 10.0 Å². The molecule has 0 saturated carbocycles. The lowest BCUT2D eigenvalue weighted by Gasteiger charge is -2.15. The quantitative estimate of drug-likeness (QED) is 0.599. The summed E-state index contributed by atoms with van der Waals surface area (Å²) < 4.78 is 2.14. The van der Waals surface area contributed by atoms with Crippen LogP contribution in [-0.4, -0.2) is 20.4 Å². The Bertz CT molecular complexity index is 767. The Hall–Kier alpha value is -0.810. The summed E-state index contributed by atoms with van der Waals surface area (Å²) >= 11 is 19.8. The summed E-state index contributed by atoms with van der Waals surface area (Å²) in [5, 5.41) is 4.02. The van der Waals surface area contributed by atoms with Crippen molar-refractivity contribution in [2.75, 3.05) is 5.88 Å². The van der Waals surface area contributed by atoms with Crippen LogP contribution >= 0.6 is 46.1 Å². The van der Waals surface area contributed by atoms with Crippen molar-refractivity contribution < 1.29 is 0 Å². The Morgan fingerprint density at radius 2 is 2.05 bits per heavy atom. The number of thiazole rings is 1. The molecular weight excluding hydrogens is 349 g/mol. The molecule has 0 aliphatic carbocycles. The molecule has 0 radical (unpaired) electrons. The summed E-state index contributed by atoms with van der Waals surface area (Å²) in [5.74, 6) is 1.43. The van der Waals surface area contributed by atoms with Crippen molar-refractivity contribution in [3.63, 3.8) is 0 Å². The molecule has 2 aromatic heterocycles. The van der Waals surface area contributed by atoms with Gasteiger partial charge >= 0.3 is 0 Å². The van der Waals surface area contributed by atoms with Crippen LogP contribution in [0.5, 0.6) is 0 Å². The fraction of sp³-hybridized carbons (Fsp3) is 0.286. The fourth-order valence-electron chi connectivity index (χ4n) is 2.38. The van der Waals surface area contributed by atoms with Crippen molar-refractivity contribution in [1.82, 2.24) is 14.5 Å². The SMILES string of the molecule is CC(c1nccs1)n1c(CCCl)nc2cc(Cl)c(Cl)cc21. The van der Waals surface area contributed by atoms with E-state index in [9.17, 15) is 0 Å². The van der Waals surface area contributed by atoms with Crippen LogP contribution in [0.1, 0.15) is 23.8 Å². The van der Waals surface area contributed by atoms with E-state index in [0.717, 1.165) is 21.9 Å². The van der Waals surface area contributed by atoms with Crippen LogP contribution < -0.4 is 0 Å². The minimum absolute atomic E-state index is 0.0745. The summed E-state index contributed by atoms with van der Waals surface area (Å²) in [4.78, 5) is 9.05. The monoisotopic (exact) mass is 359 g/mol. The molecule has 1 aromatic carbocycles.